The molecule has 1 aliphatic rings. The summed E-state index contributed by atoms with van der Waals surface area (Å²) in [5.41, 5.74) is 3.87. The number of hydrogen-bond acceptors (Lipinski definition) is 5. The zero-order chi connectivity index (χ0) is 27.6. The Morgan fingerprint density at radius 2 is 1.51 bits per heavy atom. The van der Waals surface area contributed by atoms with E-state index in [2.05, 4.69) is 10.6 Å². The molecule has 0 spiro atoms. The molecule has 1 fully saturated rings. The molecule has 1 aromatic heterocycles. The second kappa shape index (κ2) is 11.0. The SMILES string of the molecule is CS(=O)(=O)N1CCC[C@H](CNC(=O)Nc2ccc3nc(-c4ccc(F)cc4)c(-c4ccc(F)cc4)nc3c2)C1. The van der Waals surface area contributed by atoms with Gasteiger partial charge in [-0.2, -0.15) is 0 Å². The second-order valence-electron chi connectivity index (χ2n) is 9.60. The van der Waals surface area contributed by atoms with Crippen LogP contribution in [0.3, 0.4) is 0 Å². The van der Waals surface area contributed by atoms with Crippen LogP contribution in [-0.4, -0.2) is 54.6 Å². The van der Waals surface area contributed by atoms with Crippen LogP contribution < -0.4 is 10.6 Å². The molecule has 11 heteroatoms. The summed E-state index contributed by atoms with van der Waals surface area (Å²) in [4.78, 5) is 22.1. The van der Waals surface area contributed by atoms with Crippen LogP contribution in [0.25, 0.3) is 33.5 Å². The number of urea groups is 1. The third-order valence-electron chi connectivity index (χ3n) is 6.66. The van der Waals surface area contributed by atoms with Gasteiger partial charge >= 0.3 is 6.03 Å². The first-order valence-corrected chi connectivity index (χ1v) is 14.3. The molecule has 0 radical (unpaired) electrons. The summed E-state index contributed by atoms with van der Waals surface area (Å²) in [6.07, 6.45) is 2.78. The van der Waals surface area contributed by atoms with Gasteiger partial charge in [-0.3, -0.25) is 0 Å². The zero-order valence-corrected chi connectivity index (χ0v) is 22.0. The van der Waals surface area contributed by atoms with E-state index in [1.165, 1.54) is 34.8 Å². The van der Waals surface area contributed by atoms with E-state index >= 15 is 0 Å². The lowest BCUT2D eigenvalue weighted by molar-refractivity contribution is 0.239. The second-order valence-corrected chi connectivity index (χ2v) is 11.6. The van der Waals surface area contributed by atoms with E-state index in [1.54, 1.807) is 42.5 Å². The Kier molecular flexibility index (Phi) is 7.53. The van der Waals surface area contributed by atoms with Crippen LogP contribution in [0.2, 0.25) is 0 Å². The molecule has 0 aliphatic carbocycles. The molecule has 2 N–H and O–H groups in total. The first-order chi connectivity index (χ1) is 18.7. The highest BCUT2D eigenvalue weighted by Crippen LogP contribution is 2.32. The molecule has 0 bridgehead atoms. The van der Waals surface area contributed by atoms with Crippen LogP contribution in [-0.2, 0) is 10.0 Å². The lowest BCUT2D eigenvalue weighted by atomic mass is 10.00. The van der Waals surface area contributed by atoms with Crippen molar-refractivity contribution in [2.24, 2.45) is 5.92 Å². The number of halogens is 2. The number of benzene rings is 3. The van der Waals surface area contributed by atoms with Gasteiger partial charge in [-0.15, -0.1) is 0 Å². The summed E-state index contributed by atoms with van der Waals surface area (Å²) < 4.78 is 52.3. The first kappa shape index (κ1) is 26.6. The summed E-state index contributed by atoms with van der Waals surface area (Å²) in [6.45, 7) is 1.23. The first-order valence-electron chi connectivity index (χ1n) is 12.5. The molecular weight excluding hydrogens is 524 g/mol. The summed E-state index contributed by atoms with van der Waals surface area (Å²) in [5.74, 6) is -0.725. The van der Waals surface area contributed by atoms with Gasteiger partial charge < -0.3 is 10.6 Å². The van der Waals surface area contributed by atoms with Crippen LogP contribution in [0.15, 0.2) is 66.7 Å². The highest BCUT2D eigenvalue weighted by Gasteiger charge is 2.26. The number of carbonyl (C=O) groups excluding carboxylic acids is 1. The number of hydrogen-bond donors (Lipinski definition) is 2. The minimum Gasteiger partial charge on any atom is -0.338 e. The topological polar surface area (TPSA) is 104 Å². The van der Waals surface area contributed by atoms with Crippen molar-refractivity contribution in [2.75, 3.05) is 31.2 Å². The quantitative estimate of drug-likeness (QED) is 0.350. The van der Waals surface area contributed by atoms with Crippen molar-refractivity contribution in [1.29, 1.82) is 0 Å². The van der Waals surface area contributed by atoms with Gasteiger partial charge in [0, 0.05) is 36.4 Å². The molecule has 1 aliphatic heterocycles. The molecule has 8 nitrogen and oxygen atoms in total. The van der Waals surface area contributed by atoms with Crippen molar-refractivity contribution in [3.63, 3.8) is 0 Å². The van der Waals surface area contributed by atoms with Gasteiger partial charge in [-0.05, 0) is 85.5 Å². The summed E-state index contributed by atoms with van der Waals surface area (Å²) in [7, 11) is -3.26. The van der Waals surface area contributed by atoms with E-state index < -0.39 is 16.1 Å². The molecule has 39 heavy (non-hydrogen) atoms. The molecule has 202 valence electrons. The van der Waals surface area contributed by atoms with E-state index in [4.69, 9.17) is 9.97 Å². The fourth-order valence-corrected chi connectivity index (χ4v) is 5.60. The monoisotopic (exact) mass is 551 g/mol. The molecule has 0 saturated carbocycles. The average Bonchev–Trinajstić information content (AvgIpc) is 2.92. The van der Waals surface area contributed by atoms with Gasteiger partial charge in [0.05, 0.1) is 28.7 Å². The van der Waals surface area contributed by atoms with Gasteiger partial charge in [-0.1, -0.05) is 0 Å². The van der Waals surface area contributed by atoms with Crippen LogP contribution in [0.5, 0.6) is 0 Å². The molecule has 3 aromatic carbocycles. The molecule has 4 aromatic rings. The number of rotatable bonds is 6. The summed E-state index contributed by atoms with van der Waals surface area (Å²) in [5, 5.41) is 5.62. The van der Waals surface area contributed by atoms with E-state index in [1.807, 2.05) is 0 Å². The van der Waals surface area contributed by atoms with Crippen molar-refractivity contribution >= 4 is 32.8 Å². The lowest BCUT2D eigenvalue weighted by Gasteiger charge is -2.30. The van der Waals surface area contributed by atoms with Gasteiger partial charge in [0.15, 0.2) is 0 Å². The molecule has 1 atom stereocenters. The fraction of sp³-hybridized carbons (Fsp3) is 0.250. The minimum absolute atomic E-state index is 0.0323. The van der Waals surface area contributed by atoms with Crippen LogP contribution in [0, 0.1) is 17.6 Å². The maximum atomic E-state index is 13.6. The molecule has 1 saturated heterocycles. The number of aromatic nitrogens is 2. The van der Waals surface area contributed by atoms with E-state index in [0.717, 1.165) is 12.8 Å². The Balaban J connectivity index is 1.37. The standard InChI is InChI=1S/C28H27F2N5O3S/c1-39(37,38)35-14-2-3-18(17-35)16-31-28(36)32-23-12-13-24-25(15-23)34-27(20-6-10-22(30)11-7-20)26(33-24)19-4-8-21(29)9-5-19/h4-13,15,18H,2-3,14,16-17H2,1H3,(H2,31,32,36)/t18-/m1/s1. The van der Waals surface area contributed by atoms with Gasteiger partial charge in [-0.25, -0.2) is 36.3 Å². The lowest BCUT2D eigenvalue weighted by Crippen LogP contribution is -2.43. The van der Waals surface area contributed by atoms with Crippen LogP contribution in [0.4, 0.5) is 19.3 Å². The predicted octanol–water partition coefficient (Wildman–Crippen LogP) is 5.04. The van der Waals surface area contributed by atoms with Crippen molar-refractivity contribution < 1.29 is 22.0 Å². The summed E-state index contributed by atoms with van der Waals surface area (Å²) in [6, 6.07) is 16.5. The maximum Gasteiger partial charge on any atom is 0.319 e. The van der Waals surface area contributed by atoms with Crippen molar-refractivity contribution in [3.8, 4) is 22.5 Å². The molecular formula is C28H27F2N5O3S. The number of amides is 2. The number of fused-ring (bicyclic) bond motifs is 1. The number of sulfonamides is 1. The largest absolute Gasteiger partial charge is 0.338 e. The fourth-order valence-electron chi connectivity index (χ4n) is 4.66. The highest BCUT2D eigenvalue weighted by atomic mass is 32.2. The number of piperidine rings is 1. The Morgan fingerprint density at radius 1 is 0.923 bits per heavy atom. The summed E-state index contributed by atoms with van der Waals surface area (Å²) >= 11 is 0. The molecule has 2 heterocycles. The number of nitrogens with one attached hydrogen (secondary N) is 2. The Bertz CT molecular complexity index is 1610. The Morgan fingerprint density at radius 3 is 2.10 bits per heavy atom. The Labute approximate surface area is 225 Å². The minimum atomic E-state index is -3.26. The number of carbonyl (C=O) groups is 1. The molecule has 5 rings (SSSR count). The van der Waals surface area contributed by atoms with E-state index in [9.17, 15) is 22.0 Å². The van der Waals surface area contributed by atoms with Crippen LogP contribution >= 0.6 is 0 Å². The zero-order valence-electron chi connectivity index (χ0n) is 21.2. The normalized spacial score (nSPS) is 16.2. The predicted molar refractivity (Wildman–Crippen MR) is 146 cm³/mol. The van der Waals surface area contributed by atoms with Crippen molar-refractivity contribution in [3.05, 3.63) is 78.4 Å². The van der Waals surface area contributed by atoms with Gasteiger partial charge in [0.1, 0.15) is 11.6 Å². The third kappa shape index (κ3) is 6.37. The third-order valence-corrected chi connectivity index (χ3v) is 7.93. The van der Waals surface area contributed by atoms with Crippen LogP contribution in [0.1, 0.15) is 12.8 Å². The highest BCUT2D eigenvalue weighted by molar-refractivity contribution is 7.88. The molecule has 0 unspecified atom stereocenters. The maximum absolute atomic E-state index is 13.6. The number of anilines is 1. The molecule has 2 amide bonds. The van der Waals surface area contributed by atoms with E-state index in [0.29, 0.717) is 58.9 Å². The van der Waals surface area contributed by atoms with E-state index in [-0.39, 0.29) is 17.6 Å². The number of nitrogens with zero attached hydrogens (tertiary/aromatic N) is 3. The van der Waals surface area contributed by atoms with Gasteiger partial charge in [0.2, 0.25) is 10.0 Å². The Hall–Kier alpha value is -3.96. The smallest absolute Gasteiger partial charge is 0.319 e. The van der Waals surface area contributed by atoms with Crippen molar-refractivity contribution in [1.82, 2.24) is 19.6 Å². The average molecular weight is 552 g/mol. The van der Waals surface area contributed by atoms with Gasteiger partial charge in [0.25, 0.3) is 0 Å². The van der Waals surface area contributed by atoms with Crippen molar-refractivity contribution in [2.45, 2.75) is 12.8 Å².